The highest BCUT2D eigenvalue weighted by Gasteiger charge is 2.32. The highest BCUT2D eigenvalue weighted by atomic mass is 35.5. The molecule has 2 rings (SSSR count). The number of hydrogen-bond acceptors (Lipinski definition) is 4. The van der Waals surface area contributed by atoms with Crippen LogP contribution in [0.5, 0.6) is 0 Å². The molecule has 0 aliphatic carbocycles. The molecule has 0 heterocycles. The number of halogens is 2. The van der Waals surface area contributed by atoms with E-state index in [0.717, 1.165) is 28.1 Å². The molecule has 0 unspecified atom stereocenters. The van der Waals surface area contributed by atoms with E-state index in [-0.39, 0.29) is 34.2 Å². The van der Waals surface area contributed by atoms with E-state index in [0.29, 0.717) is 6.42 Å². The summed E-state index contributed by atoms with van der Waals surface area (Å²) >= 11 is 12.1. The molecule has 2 amide bonds. The van der Waals surface area contributed by atoms with Crippen molar-refractivity contribution in [1.82, 2.24) is 10.2 Å². The van der Waals surface area contributed by atoms with E-state index < -0.39 is 28.5 Å². The zero-order chi connectivity index (χ0) is 26.3. The Labute approximate surface area is 218 Å². The van der Waals surface area contributed by atoms with Gasteiger partial charge in [-0.2, -0.15) is 0 Å². The van der Waals surface area contributed by atoms with Gasteiger partial charge in [-0.25, -0.2) is 8.42 Å². The quantitative estimate of drug-likeness (QED) is 0.443. The number of nitrogens with one attached hydrogen (secondary N) is 1. The molecule has 0 aromatic heterocycles. The normalized spacial score (nSPS) is 13.1. The molecule has 0 aliphatic heterocycles. The summed E-state index contributed by atoms with van der Waals surface area (Å²) in [5, 5.41) is 3.38. The highest BCUT2D eigenvalue weighted by Crippen LogP contribution is 2.28. The minimum atomic E-state index is -3.85. The molecule has 2 aromatic rings. The maximum atomic E-state index is 13.6. The van der Waals surface area contributed by atoms with E-state index in [2.05, 4.69) is 5.32 Å². The smallest absolute Gasteiger partial charge is 0.244 e. The first kappa shape index (κ1) is 28.9. The van der Waals surface area contributed by atoms with E-state index in [4.69, 9.17) is 23.2 Å². The Balaban J connectivity index is 2.45. The largest absolute Gasteiger partial charge is 0.352 e. The van der Waals surface area contributed by atoms with Crippen molar-refractivity contribution in [2.75, 3.05) is 17.1 Å². The maximum absolute atomic E-state index is 13.6. The zero-order valence-corrected chi connectivity index (χ0v) is 23.0. The second kappa shape index (κ2) is 12.6. The van der Waals surface area contributed by atoms with E-state index in [1.807, 2.05) is 52.0 Å². The predicted octanol–water partition coefficient (Wildman–Crippen LogP) is 4.79. The lowest BCUT2D eigenvalue weighted by molar-refractivity contribution is -0.140. The van der Waals surface area contributed by atoms with Gasteiger partial charge in [0.2, 0.25) is 21.8 Å². The Kier molecular flexibility index (Phi) is 10.4. The topological polar surface area (TPSA) is 86.8 Å². The number of hydrogen-bond donors (Lipinski definition) is 1. The van der Waals surface area contributed by atoms with Crippen LogP contribution in [0.15, 0.2) is 42.5 Å². The molecule has 0 radical (unpaired) electrons. The lowest BCUT2D eigenvalue weighted by Crippen LogP contribution is -2.53. The Morgan fingerprint density at radius 2 is 1.63 bits per heavy atom. The third kappa shape index (κ3) is 8.12. The minimum Gasteiger partial charge on any atom is -0.352 e. The van der Waals surface area contributed by atoms with Gasteiger partial charge in [0.1, 0.15) is 12.6 Å². The molecular weight excluding hydrogens is 509 g/mol. The number of sulfonamides is 1. The van der Waals surface area contributed by atoms with Crippen LogP contribution in [0.2, 0.25) is 10.0 Å². The van der Waals surface area contributed by atoms with Crippen LogP contribution in [0.1, 0.15) is 44.7 Å². The fourth-order valence-electron chi connectivity index (χ4n) is 3.50. The Morgan fingerprint density at radius 3 is 2.14 bits per heavy atom. The lowest BCUT2D eigenvalue weighted by Gasteiger charge is -2.33. The lowest BCUT2D eigenvalue weighted by atomic mass is 10.1. The fourth-order valence-corrected chi connectivity index (χ4v) is 4.64. The first-order valence-electron chi connectivity index (χ1n) is 11.5. The number of rotatable bonds is 11. The highest BCUT2D eigenvalue weighted by molar-refractivity contribution is 7.92. The van der Waals surface area contributed by atoms with Crippen molar-refractivity contribution in [3.8, 4) is 0 Å². The van der Waals surface area contributed by atoms with Gasteiger partial charge in [-0.05, 0) is 50.5 Å². The number of anilines is 1. The van der Waals surface area contributed by atoms with Crippen LogP contribution in [-0.2, 0) is 26.2 Å². The fraction of sp³-hybridized carbons (Fsp3) is 0.440. The number of benzene rings is 2. The van der Waals surface area contributed by atoms with E-state index in [1.54, 1.807) is 0 Å². The first-order chi connectivity index (χ1) is 16.4. The molecule has 0 spiro atoms. The standard InChI is InChI=1S/C25H33Cl2N3O4S/c1-6-18(4)28-25(32)23(7-2)29(15-19-10-8-17(3)9-11-19)24(31)16-30(35(5,33)34)20-12-13-21(26)22(27)14-20/h8-14,18,23H,6-7,15-16H2,1-5H3,(H,28,32)/t18-,23-/m0/s1. The molecule has 0 fully saturated rings. The van der Waals surface area contributed by atoms with Crippen LogP contribution in [0.3, 0.4) is 0 Å². The summed E-state index contributed by atoms with van der Waals surface area (Å²) in [6.45, 7) is 7.31. The van der Waals surface area contributed by atoms with Gasteiger partial charge >= 0.3 is 0 Å². The number of amides is 2. The van der Waals surface area contributed by atoms with Gasteiger partial charge < -0.3 is 10.2 Å². The summed E-state index contributed by atoms with van der Waals surface area (Å²) in [5.74, 6) is -0.782. The second-order valence-corrected chi connectivity index (χ2v) is 11.3. The molecule has 2 atom stereocenters. The van der Waals surface area contributed by atoms with Crippen molar-refractivity contribution in [3.05, 3.63) is 63.6 Å². The summed E-state index contributed by atoms with van der Waals surface area (Å²) in [5.41, 5.74) is 2.11. The van der Waals surface area contributed by atoms with E-state index >= 15 is 0 Å². The van der Waals surface area contributed by atoms with Gasteiger partial charge in [0.15, 0.2) is 0 Å². The monoisotopic (exact) mass is 541 g/mol. The van der Waals surface area contributed by atoms with Gasteiger partial charge in [-0.3, -0.25) is 13.9 Å². The zero-order valence-electron chi connectivity index (χ0n) is 20.7. The number of carbonyl (C=O) groups excluding carboxylic acids is 2. The molecular formula is C25H33Cl2N3O4S. The van der Waals surface area contributed by atoms with Crippen LogP contribution >= 0.6 is 23.2 Å². The summed E-state index contributed by atoms with van der Waals surface area (Å²) in [6.07, 6.45) is 2.12. The van der Waals surface area contributed by atoms with Crippen LogP contribution in [-0.4, -0.2) is 50.0 Å². The molecule has 1 N–H and O–H groups in total. The molecule has 0 saturated carbocycles. The van der Waals surface area contributed by atoms with E-state index in [9.17, 15) is 18.0 Å². The molecule has 2 aromatic carbocycles. The van der Waals surface area contributed by atoms with Gasteiger partial charge in [-0.15, -0.1) is 0 Å². The maximum Gasteiger partial charge on any atom is 0.244 e. The van der Waals surface area contributed by atoms with Crippen molar-refractivity contribution in [2.45, 2.75) is 59.2 Å². The molecule has 35 heavy (non-hydrogen) atoms. The van der Waals surface area contributed by atoms with Gasteiger partial charge in [0, 0.05) is 12.6 Å². The molecule has 0 bridgehead atoms. The summed E-state index contributed by atoms with van der Waals surface area (Å²) in [4.78, 5) is 28.2. The Bertz CT molecular complexity index is 1140. The third-order valence-electron chi connectivity index (χ3n) is 5.73. The van der Waals surface area contributed by atoms with Crippen LogP contribution in [0.4, 0.5) is 5.69 Å². The third-order valence-corrected chi connectivity index (χ3v) is 7.61. The van der Waals surface area contributed by atoms with E-state index in [1.165, 1.54) is 23.1 Å². The molecule has 192 valence electrons. The van der Waals surface area contributed by atoms with Crippen molar-refractivity contribution in [1.29, 1.82) is 0 Å². The Morgan fingerprint density at radius 1 is 1.00 bits per heavy atom. The molecule has 0 aliphatic rings. The van der Waals surface area contributed by atoms with Gasteiger partial charge in [0.05, 0.1) is 22.0 Å². The van der Waals surface area contributed by atoms with Crippen LogP contribution in [0.25, 0.3) is 0 Å². The summed E-state index contributed by atoms with van der Waals surface area (Å²) in [7, 11) is -3.85. The SMILES string of the molecule is CC[C@H](C)NC(=O)[C@H](CC)N(Cc1ccc(C)cc1)C(=O)CN(c1ccc(Cl)c(Cl)c1)S(C)(=O)=O. The minimum absolute atomic E-state index is 0.0587. The summed E-state index contributed by atoms with van der Waals surface area (Å²) in [6, 6.07) is 11.2. The number of aryl methyl sites for hydroxylation is 1. The predicted molar refractivity (Wildman–Crippen MR) is 142 cm³/mol. The first-order valence-corrected chi connectivity index (χ1v) is 14.1. The van der Waals surface area contributed by atoms with Crippen molar-refractivity contribution in [3.63, 3.8) is 0 Å². The molecule has 0 saturated heterocycles. The van der Waals surface area contributed by atoms with Crippen molar-refractivity contribution < 1.29 is 18.0 Å². The number of carbonyl (C=O) groups is 2. The molecule has 10 heteroatoms. The van der Waals surface area contributed by atoms with Crippen LogP contribution < -0.4 is 9.62 Å². The number of nitrogens with zero attached hydrogens (tertiary/aromatic N) is 2. The summed E-state index contributed by atoms with van der Waals surface area (Å²) < 4.78 is 26.3. The van der Waals surface area contributed by atoms with Crippen molar-refractivity contribution in [2.24, 2.45) is 0 Å². The van der Waals surface area contributed by atoms with Gasteiger partial charge in [-0.1, -0.05) is 66.9 Å². The van der Waals surface area contributed by atoms with Crippen LogP contribution in [0, 0.1) is 6.92 Å². The second-order valence-electron chi connectivity index (χ2n) is 8.62. The average Bonchev–Trinajstić information content (AvgIpc) is 2.79. The van der Waals surface area contributed by atoms with Crippen molar-refractivity contribution >= 4 is 50.7 Å². The average molecular weight is 543 g/mol. The van der Waals surface area contributed by atoms with Gasteiger partial charge in [0.25, 0.3) is 0 Å². The molecule has 7 nitrogen and oxygen atoms in total. The Hall–Kier alpha value is -2.29.